The summed E-state index contributed by atoms with van der Waals surface area (Å²) in [4.78, 5) is 0. The zero-order valence-electron chi connectivity index (χ0n) is 14.3. The van der Waals surface area contributed by atoms with Gasteiger partial charge in [0.15, 0.2) is 0 Å². The highest BCUT2D eigenvalue weighted by Gasteiger charge is 1.93. The molecule has 0 spiro atoms. The lowest BCUT2D eigenvalue weighted by Gasteiger charge is -2.04. The summed E-state index contributed by atoms with van der Waals surface area (Å²) >= 11 is 0. The van der Waals surface area contributed by atoms with Gasteiger partial charge in [0.1, 0.15) is 0 Å². The van der Waals surface area contributed by atoms with Crippen LogP contribution in [0.3, 0.4) is 0 Å². The first kappa shape index (κ1) is 19.9. The number of hydrogen-bond donors (Lipinski definition) is 2. The molecule has 2 heteroatoms. The van der Waals surface area contributed by atoms with Crippen LogP contribution in [0.25, 0.3) is 0 Å². The molecule has 0 saturated heterocycles. The molecule has 0 aromatic rings. The van der Waals surface area contributed by atoms with Crippen molar-refractivity contribution in [2.45, 2.75) is 90.9 Å². The first-order valence-electron chi connectivity index (χ1n) is 9.33. The van der Waals surface area contributed by atoms with Crippen molar-refractivity contribution in [3.8, 4) is 0 Å². The first-order valence-corrected chi connectivity index (χ1v) is 9.33. The molecule has 0 fully saturated rings. The minimum Gasteiger partial charge on any atom is -0.317 e. The molecule has 122 valence electrons. The van der Waals surface area contributed by atoms with E-state index >= 15 is 0 Å². The maximum atomic E-state index is 3.39. The summed E-state index contributed by atoms with van der Waals surface area (Å²) in [6.45, 7) is 9.03. The molecule has 0 amide bonds. The Balaban J connectivity index is 2.89. The van der Waals surface area contributed by atoms with E-state index in [1.54, 1.807) is 0 Å². The fourth-order valence-corrected chi connectivity index (χ4v) is 2.62. The van der Waals surface area contributed by atoms with Gasteiger partial charge >= 0.3 is 0 Å². The van der Waals surface area contributed by atoms with Crippen LogP contribution in [-0.2, 0) is 0 Å². The van der Waals surface area contributed by atoms with Gasteiger partial charge in [0.05, 0.1) is 0 Å². The van der Waals surface area contributed by atoms with E-state index in [0.29, 0.717) is 0 Å². The summed E-state index contributed by atoms with van der Waals surface area (Å²) in [6, 6.07) is 0. The zero-order chi connectivity index (χ0) is 14.7. The van der Waals surface area contributed by atoms with Crippen molar-refractivity contribution in [2.75, 3.05) is 26.2 Å². The minimum atomic E-state index is 1.12. The molecule has 0 atom stereocenters. The molecule has 0 heterocycles. The second-order valence-electron chi connectivity index (χ2n) is 5.95. The normalized spacial score (nSPS) is 11.1. The van der Waals surface area contributed by atoms with Crippen LogP contribution in [-0.4, -0.2) is 26.2 Å². The second-order valence-corrected chi connectivity index (χ2v) is 5.95. The lowest BCUT2D eigenvalue weighted by atomic mass is 10.1. The smallest absolute Gasteiger partial charge is 0.00490 e. The van der Waals surface area contributed by atoms with Gasteiger partial charge in [-0.05, 0) is 39.0 Å². The van der Waals surface area contributed by atoms with Crippen molar-refractivity contribution < 1.29 is 0 Å². The fraction of sp³-hybridized carbons (Fsp3) is 1.00. The minimum absolute atomic E-state index is 1.12. The van der Waals surface area contributed by atoms with Crippen LogP contribution in [0.15, 0.2) is 0 Å². The predicted octanol–water partition coefficient (Wildman–Crippen LogP) is 4.89. The molecule has 0 bridgehead atoms. The lowest BCUT2D eigenvalue weighted by molar-refractivity contribution is 0.531. The van der Waals surface area contributed by atoms with Crippen LogP contribution in [0, 0.1) is 0 Å². The molecule has 0 radical (unpaired) electrons. The average molecular weight is 285 g/mol. The number of unbranched alkanes of at least 4 members (excludes halogenated alkanes) is 11. The maximum absolute atomic E-state index is 3.39. The molecule has 0 rings (SSSR count). The quantitative estimate of drug-likeness (QED) is 0.372. The van der Waals surface area contributed by atoms with Gasteiger partial charge in [0.2, 0.25) is 0 Å². The van der Waals surface area contributed by atoms with E-state index < -0.39 is 0 Å². The zero-order valence-corrected chi connectivity index (χ0v) is 14.3. The third-order valence-electron chi connectivity index (χ3n) is 3.96. The number of nitrogens with one attached hydrogen (secondary N) is 2. The van der Waals surface area contributed by atoms with Gasteiger partial charge in [0.25, 0.3) is 0 Å². The van der Waals surface area contributed by atoms with E-state index in [1.165, 1.54) is 90.1 Å². The molecule has 0 aromatic carbocycles. The molecule has 20 heavy (non-hydrogen) atoms. The van der Waals surface area contributed by atoms with Crippen LogP contribution < -0.4 is 10.6 Å². The van der Waals surface area contributed by atoms with Gasteiger partial charge in [-0.15, -0.1) is 0 Å². The second kappa shape index (κ2) is 18.9. The first-order chi connectivity index (χ1) is 9.91. The summed E-state index contributed by atoms with van der Waals surface area (Å²) in [5.74, 6) is 0. The van der Waals surface area contributed by atoms with Crippen LogP contribution in [0.4, 0.5) is 0 Å². The Morgan fingerprint density at radius 3 is 0.900 bits per heavy atom. The van der Waals surface area contributed by atoms with Crippen LogP contribution in [0.1, 0.15) is 90.9 Å². The highest BCUT2D eigenvalue weighted by Crippen LogP contribution is 2.11. The highest BCUT2D eigenvalue weighted by atomic mass is 14.8. The fourth-order valence-electron chi connectivity index (χ4n) is 2.62. The van der Waals surface area contributed by atoms with Crippen molar-refractivity contribution in [1.82, 2.24) is 10.6 Å². The third kappa shape index (κ3) is 17.9. The Bertz CT molecular complexity index is 141. The van der Waals surface area contributed by atoms with Gasteiger partial charge in [-0.2, -0.15) is 0 Å². The van der Waals surface area contributed by atoms with Crippen LogP contribution in [0.2, 0.25) is 0 Å². The van der Waals surface area contributed by atoms with E-state index in [0.717, 1.165) is 13.1 Å². The topological polar surface area (TPSA) is 24.1 Å². The summed E-state index contributed by atoms with van der Waals surface area (Å²) in [5, 5.41) is 6.78. The van der Waals surface area contributed by atoms with Crippen molar-refractivity contribution in [3.05, 3.63) is 0 Å². The van der Waals surface area contributed by atoms with Crippen LogP contribution >= 0.6 is 0 Å². The molecule has 0 saturated carbocycles. The van der Waals surface area contributed by atoms with Gasteiger partial charge in [-0.1, -0.05) is 78.1 Å². The van der Waals surface area contributed by atoms with Crippen molar-refractivity contribution in [2.24, 2.45) is 0 Å². The van der Waals surface area contributed by atoms with Crippen molar-refractivity contribution >= 4 is 0 Å². The highest BCUT2D eigenvalue weighted by molar-refractivity contribution is 4.51. The number of hydrogen-bond acceptors (Lipinski definition) is 2. The van der Waals surface area contributed by atoms with Gasteiger partial charge in [-0.3, -0.25) is 0 Å². The molecular formula is C18H40N2. The maximum Gasteiger partial charge on any atom is -0.00490 e. The Morgan fingerprint density at radius 1 is 0.400 bits per heavy atom. The molecule has 2 N–H and O–H groups in total. The molecule has 0 unspecified atom stereocenters. The van der Waals surface area contributed by atoms with E-state index in [2.05, 4.69) is 24.5 Å². The summed E-state index contributed by atoms with van der Waals surface area (Å²) in [5.41, 5.74) is 0. The summed E-state index contributed by atoms with van der Waals surface area (Å²) in [6.07, 6.45) is 17.2. The molecule has 2 nitrogen and oxygen atoms in total. The largest absolute Gasteiger partial charge is 0.317 e. The Labute approximate surface area is 128 Å². The van der Waals surface area contributed by atoms with Gasteiger partial charge in [0, 0.05) is 0 Å². The SMILES string of the molecule is CCNCCCCCCCCCCCCCCNCC. The summed E-state index contributed by atoms with van der Waals surface area (Å²) in [7, 11) is 0. The van der Waals surface area contributed by atoms with E-state index in [9.17, 15) is 0 Å². The molecule has 0 aliphatic carbocycles. The predicted molar refractivity (Wildman–Crippen MR) is 92.5 cm³/mol. The summed E-state index contributed by atoms with van der Waals surface area (Å²) < 4.78 is 0. The molecule has 0 aliphatic heterocycles. The molecular weight excluding hydrogens is 244 g/mol. The van der Waals surface area contributed by atoms with Crippen molar-refractivity contribution in [3.63, 3.8) is 0 Å². The van der Waals surface area contributed by atoms with Crippen molar-refractivity contribution in [1.29, 1.82) is 0 Å². The van der Waals surface area contributed by atoms with Crippen LogP contribution in [0.5, 0.6) is 0 Å². The van der Waals surface area contributed by atoms with E-state index in [4.69, 9.17) is 0 Å². The Kier molecular flexibility index (Phi) is 18.8. The number of rotatable bonds is 17. The lowest BCUT2D eigenvalue weighted by Crippen LogP contribution is -2.13. The molecule has 0 aliphatic rings. The Hall–Kier alpha value is -0.0800. The molecule has 0 aromatic heterocycles. The van der Waals surface area contributed by atoms with E-state index in [1.807, 2.05) is 0 Å². The van der Waals surface area contributed by atoms with E-state index in [-0.39, 0.29) is 0 Å². The average Bonchev–Trinajstić information content (AvgIpc) is 2.47. The van der Waals surface area contributed by atoms with Gasteiger partial charge < -0.3 is 10.6 Å². The third-order valence-corrected chi connectivity index (χ3v) is 3.96. The van der Waals surface area contributed by atoms with Gasteiger partial charge in [-0.25, -0.2) is 0 Å². The monoisotopic (exact) mass is 284 g/mol. The Morgan fingerprint density at radius 2 is 0.650 bits per heavy atom. The standard InChI is InChI=1S/C18H40N2/c1-3-19-17-15-13-11-9-7-5-6-8-10-12-14-16-18-20-4-2/h19-20H,3-18H2,1-2H3.